The Balaban J connectivity index is 2.93. The van der Waals surface area contributed by atoms with Gasteiger partial charge in [0.2, 0.25) is 0 Å². The first kappa shape index (κ1) is 14.3. The number of halogens is 3. The fourth-order valence-electron chi connectivity index (χ4n) is 1.47. The van der Waals surface area contributed by atoms with Gasteiger partial charge in [-0.2, -0.15) is 13.2 Å². The highest BCUT2D eigenvalue weighted by atomic mass is 19.4. The molecule has 1 aromatic rings. The number of nitrogens with zero attached hydrogens (tertiary/aromatic N) is 2. The van der Waals surface area contributed by atoms with Crippen LogP contribution in [0.3, 0.4) is 0 Å². The van der Waals surface area contributed by atoms with Crippen LogP contribution in [-0.2, 0) is 6.18 Å². The predicted octanol–water partition coefficient (Wildman–Crippen LogP) is 2.25. The maximum absolute atomic E-state index is 12.5. The van der Waals surface area contributed by atoms with E-state index in [0.717, 1.165) is 18.3 Å². The number of pyridine rings is 1. The number of anilines is 1. The molecule has 0 amide bonds. The second kappa shape index (κ2) is 5.24. The van der Waals surface area contributed by atoms with E-state index < -0.39 is 11.7 Å². The van der Waals surface area contributed by atoms with Gasteiger partial charge in [0.15, 0.2) is 0 Å². The zero-order chi connectivity index (χ0) is 13.9. The lowest BCUT2D eigenvalue weighted by molar-refractivity contribution is -0.137. The third-order valence-corrected chi connectivity index (χ3v) is 2.61. The molecule has 0 aliphatic carbocycles. The molecule has 100 valence electrons. The van der Waals surface area contributed by atoms with E-state index in [4.69, 9.17) is 11.1 Å². The van der Waals surface area contributed by atoms with Gasteiger partial charge in [0, 0.05) is 25.7 Å². The summed E-state index contributed by atoms with van der Waals surface area (Å²) < 4.78 is 37.6. The maximum Gasteiger partial charge on any atom is 0.416 e. The highest BCUT2D eigenvalue weighted by molar-refractivity contribution is 5.77. The largest absolute Gasteiger partial charge is 0.416 e. The fourth-order valence-corrected chi connectivity index (χ4v) is 1.47. The molecule has 0 aliphatic heterocycles. The standard InChI is InChI=1S/C11H15F3N4/c1-7(5-9(15)16)18(2)10-6-8(3-4-17-10)11(12,13)14/h3-4,6-7H,5H2,1-2H3,(H3,15,16). The number of rotatable bonds is 4. The minimum absolute atomic E-state index is 0.0127. The molecule has 18 heavy (non-hydrogen) atoms. The molecule has 0 saturated carbocycles. The molecule has 0 fully saturated rings. The van der Waals surface area contributed by atoms with Crippen LogP contribution >= 0.6 is 0 Å². The Kier molecular flexibility index (Phi) is 4.15. The second-order valence-corrected chi connectivity index (χ2v) is 4.09. The van der Waals surface area contributed by atoms with Gasteiger partial charge in [-0.15, -0.1) is 0 Å². The average Bonchev–Trinajstić information content (AvgIpc) is 2.26. The number of hydrogen-bond donors (Lipinski definition) is 2. The molecule has 7 heteroatoms. The monoisotopic (exact) mass is 260 g/mol. The van der Waals surface area contributed by atoms with E-state index in [9.17, 15) is 13.2 Å². The van der Waals surface area contributed by atoms with Gasteiger partial charge < -0.3 is 10.6 Å². The van der Waals surface area contributed by atoms with E-state index in [-0.39, 0.29) is 24.1 Å². The molecule has 3 N–H and O–H groups in total. The number of amidine groups is 1. The van der Waals surface area contributed by atoms with E-state index in [1.54, 1.807) is 18.9 Å². The number of nitrogens with one attached hydrogen (secondary N) is 1. The van der Waals surface area contributed by atoms with Crippen molar-refractivity contribution in [3.63, 3.8) is 0 Å². The Morgan fingerprint density at radius 1 is 1.56 bits per heavy atom. The van der Waals surface area contributed by atoms with Crippen molar-refractivity contribution >= 4 is 11.7 Å². The summed E-state index contributed by atoms with van der Waals surface area (Å²) in [6.07, 6.45) is -2.99. The minimum Gasteiger partial charge on any atom is -0.388 e. The van der Waals surface area contributed by atoms with Gasteiger partial charge in [0.05, 0.1) is 11.4 Å². The fraction of sp³-hybridized carbons (Fsp3) is 0.455. The lowest BCUT2D eigenvalue weighted by Crippen LogP contribution is -2.33. The van der Waals surface area contributed by atoms with E-state index in [0.29, 0.717) is 0 Å². The van der Waals surface area contributed by atoms with Crippen LogP contribution in [0.2, 0.25) is 0 Å². The van der Waals surface area contributed by atoms with Crippen molar-refractivity contribution in [3.8, 4) is 0 Å². The predicted molar refractivity (Wildman–Crippen MR) is 63.6 cm³/mol. The Labute approximate surface area is 103 Å². The average molecular weight is 260 g/mol. The summed E-state index contributed by atoms with van der Waals surface area (Å²) in [7, 11) is 1.62. The zero-order valence-electron chi connectivity index (χ0n) is 10.1. The Morgan fingerprint density at radius 3 is 2.67 bits per heavy atom. The molecule has 4 nitrogen and oxygen atoms in total. The third kappa shape index (κ3) is 3.61. The van der Waals surface area contributed by atoms with Crippen LogP contribution in [0, 0.1) is 5.41 Å². The summed E-state index contributed by atoms with van der Waals surface area (Å²) in [6.45, 7) is 1.77. The smallest absolute Gasteiger partial charge is 0.388 e. The summed E-state index contributed by atoms with van der Waals surface area (Å²) in [5, 5.41) is 7.17. The van der Waals surface area contributed by atoms with Crippen LogP contribution in [-0.4, -0.2) is 23.9 Å². The molecule has 1 heterocycles. The lowest BCUT2D eigenvalue weighted by Gasteiger charge is -2.26. The van der Waals surface area contributed by atoms with E-state index in [1.807, 2.05) is 0 Å². The topological polar surface area (TPSA) is 66.0 Å². The first-order valence-electron chi connectivity index (χ1n) is 5.30. The van der Waals surface area contributed by atoms with Crippen molar-refractivity contribution in [2.75, 3.05) is 11.9 Å². The van der Waals surface area contributed by atoms with Gasteiger partial charge in [0.1, 0.15) is 5.82 Å². The Hall–Kier alpha value is -1.79. The van der Waals surface area contributed by atoms with Crippen molar-refractivity contribution in [3.05, 3.63) is 23.9 Å². The van der Waals surface area contributed by atoms with E-state index in [2.05, 4.69) is 4.98 Å². The van der Waals surface area contributed by atoms with Crippen molar-refractivity contribution in [2.24, 2.45) is 5.73 Å². The minimum atomic E-state index is -4.39. The van der Waals surface area contributed by atoms with Crippen LogP contribution in [0.25, 0.3) is 0 Å². The molecule has 0 saturated heterocycles. The molecule has 0 bridgehead atoms. The zero-order valence-corrected chi connectivity index (χ0v) is 10.1. The molecule has 1 rings (SSSR count). The highest BCUT2D eigenvalue weighted by Gasteiger charge is 2.31. The van der Waals surface area contributed by atoms with Crippen LogP contribution in [0.1, 0.15) is 18.9 Å². The Morgan fingerprint density at radius 2 is 2.17 bits per heavy atom. The van der Waals surface area contributed by atoms with Gasteiger partial charge >= 0.3 is 6.18 Å². The highest BCUT2D eigenvalue weighted by Crippen LogP contribution is 2.30. The molecular formula is C11H15F3N4. The number of hydrogen-bond acceptors (Lipinski definition) is 3. The lowest BCUT2D eigenvalue weighted by atomic mass is 10.2. The summed E-state index contributed by atoms with van der Waals surface area (Å²) in [6, 6.07) is 1.71. The van der Waals surface area contributed by atoms with Gasteiger partial charge in [0.25, 0.3) is 0 Å². The van der Waals surface area contributed by atoms with Crippen molar-refractivity contribution in [2.45, 2.75) is 25.6 Å². The molecule has 0 radical (unpaired) electrons. The second-order valence-electron chi connectivity index (χ2n) is 4.09. The van der Waals surface area contributed by atoms with Gasteiger partial charge in [-0.1, -0.05) is 0 Å². The van der Waals surface area contributed by atoms with Gasteiger partial charge in [-0.05, 0) is 19.1 Å². The van der Waals surface area contributed by atoms with E-state index in [1.165, 1.54) is 0 Å². The molecule has 1 unspecified atom stereocenters. The Bertz CT molecular complexity index is 431. The van der Waals surface area contributed by atoms with Crippen LogP contribution in [0.5, 0.6) is 0 Å². The van der Waals surface area contributed by atoms with Crippen molar-refractivity contribution in [1.29, 1.82) is 5.41 Å². The summed E-state index contributed by atoms with van der Waals surface area (Å²) in [4.78, 5) is 5.46. The first-order valence-corrected chi connectivity index (χ1v) is 5.30. The van der Waals surface area contributed by atoms with Gasteiger partial charge in [-0.25, -0.2) is 4.98 Å². The maximum atomic E-state index is 12.5. The molecule has 0 aromatic carbocycles. The molecular weight excluding hydrogens is 245 g/mol. The summed E-state index contributed by atoms with van der Waals surface area (Å²) >= 11 is 0. The molecule has 1 aromatic heterocycles. The molecule has 0 spiro atoms. The first-order chi connectivity index (χ1) is 8.21. The quantitative estimate of drug-likeness (QED) is 0.644. The van der Waals surface area contributed by atoms with Gasteiger partial charge in [-0.3, -0.25) is 5.41 Å². The molecule has 1 atom stereocenters. The van der Waals surface area contributed by atoms with Crippen molar-refractivity contribution < 1.29 is 13.2 Å². The normalized spacial score (nSPS) is 13.2. The van der Waals surface area contributed by atoms with E-state index >= 15 is 0 Å². The van der Waals surface area contributed by atoms with Crippen LogP contribution in [0.15, 0.2) is 18.3 Å². The van der Waals surface area contributed by atoms with Crippen LogP contribution in [0.4, 0.5) is 19.0 Å². The van der Waals surface area contributed by atoms with Crippen LogP contribution < -0.4 is 10.6 Å². The number of alkyl halides is 3. The SMILES string of the molecule is CC(CC(=N)N)N(C)c1cc(C(F)(F)F)ccn1. The summed E-state index contributed by atoms with van der Waals surface area (Å²) in [5.41, 5.74) is 4.52. The number of nitrogens with two attached hydrogens (primary N) is 1. The third-order valence-electron chi connectivity index (χ3n) is 2.61. The van der Waals surface area contributed by atoms with Crippen molar-refractivity contribution in [1.82, 2.24) is 4.98 Å². The summed E-state index contributed by atoms with van der Waals surface area (Å²) in [5.74, 6) is 0.194. The number of aromatic nitrogens is 1. The molecule has 0 aliphatic rings.